The number of rotatable bonds is 8. The van der Waals surface area contributed by atoms with E-state index >= 15 is 0 Å². The Morgan fingerprint density at radius 1 is 0.875 bits per heavy atom. The lowest BCUT2D eigenvalue weighted by molar-refractivity contribution is 0.176. The van der Waals surface area contributed by atoms with E-state index in [-0.39, 0.29) is 5.56 Å². The Hall–Kier alpha value is -3.41. The lowest BCUT2D eigenvalue weighted by Gasteiger charge is -2.16. The molecule has 4 rings (SSSR count). The van der Waals surface area contributed by atoms with E-state index in [1.165, 1.54) is 17.2 Å². The zero-order chi connectivity index (χ0) is 22.5. The highest BCUT2D eigenvalue weighted by Crippen LogP contribution is 2.24. The van der Waals surface area contributed by atoms with Gasteiger partial charge in [0.25, 0.3) is 0 Å². The number of benzene rings is 3. The van der Waals surface area contributed by atoms with Crippen molar-refractivity contribution in [1.29, 1.82) is 0 Å². The normalized spacial score (nSPS) is 12.1. The molecular formula is C27H29N3O2. The third kappa shape index (κ3) is 5.25. The van der Waals surface area contributed by atoms with E-state index in [1.54, 1.807) is 6.07 Å². The number of aliphatic hydroxyl groups excluding tert-OH is 1. The van der Waals surface area contributed by atoms with Gasteiger partial charge in [0.05, 0.1) is 11.6 Å². The first-order valence-electron chi connectivity index (χ1n) is 10.9. The molecule has 1 atom stereocenters. The molecule has 1 heterocycles. The summed E-state index contributed by atoms with van der Waals surface area (Å²) in [5.41, 5.74) is 7.08. The van der Waals surface area contributed by atoms with Crippen LogP contribution in [0.3, 0.4) is 0 Å². The Bertz CT molecular complexity index is 1240. The second-order valence-corrected chi connectivity index (χ2v) is 8.24. The molecule has 5 heteroatoms. The van der Waals surface area contributed by atoms with Gasteiger partial charge in [-0.2, -0.15) is 0 Å². The second kappa shape index (κ2) is 9.81. The zero-order valence-electron chi connectivity index (χ0n) is 18.5. The maximum Gasteiger partial charge on any atom is 0.248 e. The number of pyridine rings is 1. The highest BCUT2D eigenvalue weighted by atomic mass is 16.3. The van der Waals surface area contributed by atoms with E-state index in [0.29, 0.717) is 6.54 Å². The van der Waals surface area contributed by atoms with Crippen LogP contribution >= 0.6 is 0 Å². The van der Waals surface area contributed by atoms with Crippen molar-refractivity contribution < 1.29 is 5.11 Å². The molecule has 0 aliphatic rings. The van der Waals surface area contributed by atoms with E-state index in [9.17, 15) is 9.90 Å². The Morgan fingerprint density at radius 3 is 2.28 bits per heavy atom. The molecule has 164 valence electrons. The number of aliphatic hydroxyl groups is 1. The van der Waals surface area contributed by atoms with E-state index in [4.69, 9.17) is 0 Å². The summed E-state index contributed by atoms with van der Waals surface area (Å²) in [5, 5.41) is 18.3. The fourth-order valence-corrected chi connectivity index (χ4v) is 3.84. The van der Waals surface area contributed by atoms with Crippen LogP contribution in [0.15, 0.2) is 77.6 Å². The monoisotopic (exact) mass is 427 g/mol. The van der Waals surface area contributed by atoms with Gasteiger partial charge in [0.1, 0.15) is 0 Å². The van der Waals surface area contributed by atoms with E-state index in [2.05, 4.69) is 71.1 Å². The van der Waals surface area contributed by atoms with Crippen molar-refractivity contribution >= 4 is 22.3 Å². The van der Waals surface area contributed by atoms with Crippen molar-refractivity contribution in [3.05, 3.63) is 105 Å². The summed E-state index contributed by atoms with van der Waals surface area (Å²) in [5.74, 6) is 0. The Balaban J connectivity index is 1.30. The number of fused-ring (bicyclic) bond motifs is 1. The maximum absolute atomic E-state index is 11.7. The van der Waals surface area contributed by atoms with Crippen LogP contribution in [0.4, 0.5) is 11.4 Å². The zero-order valence-corrected chi connectivity index (χ0v) is 18.5. The maximum atomic E-state index is 11.7. The van der Waals surface area contributed by atoms with Crippen LogP contribution in [-0.4, -0.2) is 23.2 Å². The lowest BCUT2D eigenvalue weighted by Crippen LogP contribution is -2.24. The van der Waals surface area contributed by atoms with E-state index in [1.807, 2.05) is 19.1 Å². The van der Waals surface area contributed by atoms with Crippen LogP contribution in [0.5, 0.6) is 0 Å². The molecule has 0 aliphatic heterocycles. The molecule has 3 aromatic carbocycles. The smallest absolute Gasteiger partial charge is 0.248 e. The Labute approximate surface area is 188 Å². The SMILES string of the molecule is Cc1ccc(Nc2ccc(CCNC[C@H](O)c3ccc(C)c4[nH]c(=O)ccc34)cc2)cc1. The van der Waals surface area contributed by atoms with E-state index in [0.717, 1.165) is 46.4 Å². The van der Waals surface area contributed by atoms with Crippen LogP contribution in [0.1, 0.15) is 28.4 Å². The molecule has 0 spiro atoms. The first kappa shape index (κ1) is 21.8. The summed E-state index contributed by atoms with van der Waals surface area (Å²) >= 11 is 0. The number of anilines is 2. The first-order chi connectivity index (χ1) is 15.5. The van der Waals surface area contributed by atoms with Crippen molar-refractivity contribution in [3.63, 3.8) is 0 Å². The van der Waals surface area contributed by atoms with Gasteiger partial charge in [-0.3, -0.25) is 4.79 Å². The van der Waals surface area contributed by atoms with Crippen LogP contribution in [0.2, 0.25) is 0 Å². The van der Waals surface area contributed by atoms with Crippen molar-refractivity contribution in [2.45, 2.75) is 26.4 Å². The van der Waals surface area contributed by atoms with Crippen LogP contribution in [0, 0.1) is 13.8 Å². The number of H-pyrrole nitrogens is 1. The average Bonchev–Trinajstić information content (AvgIpc) is 2.80. The fourth-order valence-electron chi connectivity index (χ4n) is 3.84. The molecule has 0 fully saturated rings. The number of nitrogens with one attached hydrogen (secondary N) is 3. The Morgan fingerprint density at radius 2 is 1.56 bits per heavy atom. The first-order valence-corrected chi connectivity index (χ1v) is 10.9. The van der Waals surface area contributed by atoms with Gasteiger partial charge in [-0.1, -0.05) is 42.0 Å². The summed E-state index contributed by atoms with van der Waals surface area (Å²) in [4.78, 5) is 14.5. The fraction of sp³-hybridized carbons (Fsp3) is 0.222. The average molecular weight is 428 g/mol. The molecule has 0 bridgehead atoms. The summed E-state index contributed by atoms with van der Waals surface area (Å²) in [6.07, 6.45) is 0.226. The van der Waals surface area contributed by atoms with Crippen molar-refractivity contribution in [2.24, 2.45) is 0 Å². The highest BCUT2D eigenvalue weighted by molar-refractivity contribution is 5.85. The van der Waals surface area contributed by atoms with Crippen LogP contribution in [0.25, 0.3) is 10.9 Å². The van der Waals surface area contributed by atoms with Gasteiger partial charge >= 0.3 is 0 Å². The number of hydrogen-bond acceptors (Lipinski definition) is 4. The minimum Gasteiger partial charge on any atom is -0.387 e. The van der Waals surface area contributed by atoms with Gasteiger partial charge in [0.2, 0.25) is 5.56 Å². The van der Waals surface area contributed by atoms with Gasteiger partial charge in [-0.15, -0.1) is 0 Å². The van der Waals surface area contributed by atoms with Gasteiger partial charge in [0, 0.05) is 29.4 Å². The minimum atomic E-state index is -0.648. The third-order valence-corrected chi connectivity index (χ3v) is 5.72. The van der Waals surface area contributed by atoms with Crippen LogP contribution < -0.4 is 16.2 Å². The Kier molecular flexibility index (Phi) is 6.69. The van der Waals surface area contributed by atoms with Gasteiger partial charge in [0.15, 0.2) is 0 Å². The van der Waals surface area contributed by atoms with Crippen molar-refractivity contribution in [3.8, 4) is 0 Å². The topological polar surface area (TPSA) is 77.2 Å². The number of hydrogen-bond donors (Lipinski definition) is 4. The lowest BCUT2D eigenvalue weighted by atomic mass is 10.0. The minimum absolute atomic E-state index is 0.134. The molecule has 5 nitrogen and oxygen atoms in total. The molecule has 4 aromatic rings. The molecule has 4 N–H and O–H groups in total. The molecule has 0 saturated heterocycles. The van der Waals surface area contributed by atoms with Gasteiger partial charge in [-0.05, 0) is 73.8 Å². The van der Waals surface area contributed by atoms with Crippen molar-refractivity contribution in [1.82, 2.24) is 10.3 Å². The summed E-state index contributed by atoms with van der Waals surface area (Å²) in [7, 11) is 0. The van der Waals surface area contributed by atoms with Gasteiger partial charge in [-0.25, -0.2) is 0 Å². The summed E-state index contributed by atoms with van der Waals surface area (Å²) < 4.78 is 0. The quantitative estimate of drug-likeness (QED) is 0.306. The van der Waals surface area contributed by atoms with Gasteiger partial charge < -0.3 is 20.7 Å². The summed E-state index contributed by atoms with van der Waals surface area (Å²) in [6.45, 7) is 5.25. The largest absolute Gasteiger partial charge is 0.387 e. The molecule has 0 radical (unpaired) electrons. The summed E-state index contributed by atoms with van der Waals surface area (Å²) in [6, 6.07) is 23.9. The molecule has 0 aliphatic carbocycles. The van der Waals surface area contributed by atoms with Crippen LogP contribution in [-0.2, 0) is 6.42 Å². The molecule has 0 saturated carbocycles. The third-order valence-electron chi connectivity index (χ3n) is 5.72. The molecule has 0 unspecified atom stereocenters. The van der Waals surface area contributed by atoms with E-state index < -0.39 is 6.10 Å². The standard InChI is InChI=1S/C27H29N3O2/c1-18-3-8-21(9-4-18)29-22-10-6-20(7-11-22)15-16-28-17-25(31)23-12-5-19(2)27-24(23)13-14-26(32)30-27/h3-14,25,28-29,31H,15-17H2,1-2H3,(H,30,32)/t25-/m0/s1. The molecule has 32 heavy (non-hydrogen) atoms. The molecule has 1 aromatic heterocycles. The number of aromatic nitrogens is 1. The number of aromatic amines is 1. The highest BCUT2D eigenvalue weighted by Gasteiger charge is 2.12. The van der Waals surface area contributed by atoms with Crippen molar-refractivity contribution in [2.75, 3.05) is 18.4 Å². The number of aryl methyl sites for hydroxylation is 2. The molecule has 0 amide bonds. The molecular weight excluding hydrogens is 398 g/mol. The second-order valence-electron chi connectivity index (χ2n) is 8.24. The predicted molar refractivity (Wildman–Crippen MR) is 132 cm³/mol. The predicted octanol–water partition coefficient (Wildman–Crippen LogP) is 4.75.